The van der Waals surface area contributed by atoms with Crippen LogP contribution in [0.2, 0.25) is 0 Å². The van der Waals surface area contributed by atoms with Crippen molar-refractivity contribution in [2.45, 2.75) is 19.8 Å². The molecule has 140 valence electrons. The molecule has 2 aromatic rings. The number of hydrogen-bond donors (Lipinski definition) is 3. The first-order valence-electron chi connectivity index (χ1n) is 8.15. The highest BCUT2D eigenvalue weighted by Crippen LogP contribution is 2.17. The third-order valence-corrected chi connectivity index (χ3v) is 3.52. The highest BCUT2D eigenvalue weighted by molar-refractivity contribution is 5.88. The van der Waals surface area contributed by atoms with Gasteiger partial charge in [-0.25, -0.2) is 0 Å². The Bertz CT molecular complexity index is 737. The minimum Gasteiger partial charge on any atom is -0.492 e. The fourth-order valence-corrected chi connectivity index (χ4v) is 2.32. The van der Waals surface area contributed by atoms with Crippen molar-refractivity contribution in [1.29, 1.82) is 0 Å². The Morgan fingerprint density at radius 1 is 1.12 bits per heavy atom. The van der Waals surface area contributed by atoms with Gasteiger partial charge in [-0.2, -0.15) is 0 Å². The molecular weight excluding hydrogens is 354 g/mol. The van der Waals surface area contributed by atoms with Crippen molar-refractivity contribution in [3.8, 4) is 5.75 Å². The van der Waals surface area contributed by atoms with E-state index in [1.807, 2.05) is 24.3 Å². The molecule has 6 nitrogen and oxygen atoms in total. The van der Waals surface area contributed by atoms with Crippen LogP contribution in [0.4, 0.5) is 11.4 Å². The van der Waals surface area contributed by atoms with Gasteiger partial charge in [0.2, 0.25) is 11.8 Å². The second-order valence-corrected chi connectivity index (χ2v) is 5.61. The van der Waals surface area contributed by atoms with Gasteiger partial charge in [0.25, 0.3) is 0 Å². The van der Waals surface area contributed by atoms with Crippen LogP contribution in [0.25, 0.3) is 0 Å². The standard InChI is InChI=1S/C19H23N3O3.ClH/c1-14(23)22-16-6-4-7-17(13-16)25-12-11-21-19(24)10-9-15-5-2-3-8-18(15)20;/h2-8,13H,9-12,20H2,1H3,(H,21,24)(H,22,23);1H. The lowest BCUT2D eigenvalue weighted by atomic mass is 10.1. The maximum atomic E-state index is 11.9. The van der Waals surface area contributed by atoms with Gasteiger partial charge in [-0.3, -0.25) is 9.59 Å². The van der Waals surface area contributed by atoms with E-state index in [4.69, 9.17) is 10.5 Å². The highest BCUT2D eigenvalue weighted by Gasteiger charge is 2.04. The summed E-state index contributed by atoms with van der Waals surface area (Å²) in [6.45, 7) is 2.21. The van der Waals surface area contributed by atoms with Crippen LogP contribution in [0.1, 0.15) is 18.9 Å². The number of halogens is 1. The van der Waals surface area contributed by atoms with Crippen molar-refractivity contribution in [3.63, 3.8) is 0 Å². The van der Waals surface area contributed by atoms with Crippen LogP contribution in [0.15, 0.2) is 48.5 Å². The van der Waals surface area contributed by atoms with Gasteiger partial charge in [-0.1, -0.05) is 24.3 Å². The summed E-state index contributed by atoms with van der Waals surface area (Å²) in [5.41, 5.74) is 8.21. The Morgan fingerprint density at radius 2 is 1.88 bits per heavy atom. The third-order valence-electron chi connectivity index (χ3n) is 3.52. The van der Waals surface area contributed by atoms with Crippen molar-refractivity contribution < 1.29 is 14.3 Å². The summed E-state index contributed by atoms with van der Waals surface area (Å²) in [7, 11) is 0. The smallest absolute Gasteiger partial charge is 0.221 e. The molecule has 0 atom stereocenters. The molecule has 0 saturated carbocycles. The largest absolute Gasteiger partial charge is 0.492 e. The summed E-state index contributed by atoms with van der Waals surface area (Å²) < 4.78 is 5.57. The Kier molecular flexibility index (Phi) is 9.01. The predicted octanol–water partition coefficient (Wildman–Crippen LogP) is 2.78. The number of ether oxygens (including phenoxy) is 1. The predicted molar refractivity (Wildman–Crippen MR) is 106 cm³/mol. The average molecular weight is 378 g/mol. The van der Waals surface area contributed by atoms with Crippen LogP contribution in [0.5, 0.6) is 5.75 Å². The van der Waals surface area contributed by atoms with E-state index in [0.717, 1.165) is 5.56 Å². The van der Waals surface area contributed by atoms with Crippen molar-refractivity contribution >= 4 is 35.6 Å². The van der Waals surface area contributed by atoms with Gasteiger partial charge in [0.15, 0.2) is 0 Å². The lowest BCUT2D eigenvalue weighted by molar-refractivity contribution is -0.121. The summed E-state index contributed by atoms with van der Waals surface area (Å²) in [5.74, 6) is 0.458. The number of carbonyl (C=O) groups excluding carboxylic acids is 2. The number of benzene rings is 2. The Labute approximate surface area is 159 Å². The zero-order valence-corrected chi connectivity index (χ0v) is 15.5. The van der Waals surface area contributed by atoms with Crippen molar-refractivity contribution in [1.82, 2.24) is 5.32 Å². The van der Waals surface area contributed by atoms with E-state index < -0.39 is 0 Å². The topological polar surface area (TPSA) is 93.5 Å². The summed E-state index contributed by atoms with van der Waals surface area (Å²) in [5, 5.41) is 5.51. The van der Waals surface area contributed by atoms with Gasteiger partial charge < -0.3 is 21.1 Å². The number of carbonyl (C=O) groups is 2. The van der Waals surface area contributed by atoms with Crippen LogP contribution < -0.4 is 21.1 Å². The quantitative estimate of drug-likeness (QED) is 0.487. The second kappa shape index (κ2) is 11.0. The molecule has 2 aromatic carbocycles. The number of nitrogens with one attached hydrogen (secondary N) is 2. The molecule has 2 rings (SSSR count). The Balaban J connectivity index is 0.00000338. The normalized spacial score (nSPS) is 9.73. The molecule has 7 heteroatoms. The fraction of sp³-hybridized carbons (Fsp3) is 0.263. The Hall–Kier alpha value is -2.73. The van der Waals surface area contributed by atoms with E-state index in [2.05, 4.69) is 10.6 Å². The van der Waals surface area contributed by atoms with E-state index in [0.29, 0.717) is 43.1 Å². The van der Waals surface area contributed by atoms with Crippen LogP contribution in [0.3, 0.4) is 0 Å². The van der Waals surface area contributed by atoms with Crippen LogP contribution in [0, 0.1) is 0 Å². The molecule has 0 aliphatic heterocycles. The maximum Gasteiger partial charge on any atom is 0.221 e. The highest BCUT2D eigenvalue weighted by atomic mass is 35.5. The molecule has 26 heavy (non-hydrogen) atoms. The van der Waals surface area contributed by atoms with E-state index in [1.165, 1.54) is 6.92 Å². The summed E-state index contributed by atoms with van der Waals surface area (Å²) in [6.07, 6.45) is 0.990. The first-order valence-corrected chi connectivity index (χ1v) is 8.15. The van der Waals surface area contributed by atoms with Gasteiger partial charge in [-0.05, 0) is 30.2 Å². The van der Waals surface area contributed by atoms with Gasteiger partial charge >= 0.3 is 0 Å². The van der Waals surface area contributed by atoms with E-state index in [-0.39, 0.29) is 24.2 Å². The number of hydrogen-bond acceptors (Lipinski definition) is 4. The lowest BCUT2D eigenvalue weighted by Crippen LogP contribution is -2.28. The van der Waals surface area contributed by atoms with Crippen molar-refractivity contribution in [2.75, 3.05) is 24.2 Å². The molecule has 0 spiro atoms. The molecule has 0 radical (unpaired) electrons. The number of amides is 2. The number of nitrogens with two attached hydrogens (primary N) is 1. The average Bonchev–Trinajstić information content (AvgIpc) is 2.58. The number of anilines is 2. The van der Waals surface area contributed by atoms with Crippen LogP contribution >= 0.6 is 12.4 Å². The maximum absolute atomic E-state index is 11.9. The van der Waals surface area contributed by atoms with Crippen LogP contribution in [-0.2, 0) is 16.0 Å². The van der Waals surface area contributed by atoms with Gasteiger partial charge in [-0.15, -0.1) is 12.4 Å². The minimum absolute atomic E-state index is 0. The monoisotopic (exact) mass is 377 g/mol. The number of rotatable bonds is 8. The first-order chi connectivity index (χ1) is 12.0. The van der Waals surface area contributed by atoms with E-state index in [1.54, 1.807) is 24.3 Å². The zero-order valence-electron chi connectivity index (χ0n) is 14.7. The molecule has 4 N–H and O–H groups in total. The number of nitrogen functional groups attached to an aromatic ring is 1. The molecule has 0 fully saturated rings. The lowest BCUT2D eigenvalue weighted by Gasteiger charge is -2.10. The molecule has 2 amide bonds. The zero-order chi connectivity index (χ0) is 18.1. The van der Waals surface area contributed by atoms with Gasteiger partial charge in [0, 0.05) is 30.8 Å². The number of aryl methyl sites for hydroxylation is 1. The van der Waals surface area contributed by atoms with Gasteiger partial charge in [0.1, 0.15) is 12.4 Å². The first kappa shape index (κ1) is 21.3. The SMILES string of the molecule is CC(=O)Nc1cccc(OCCNC(=O)CCc2ccccc2N)c1.Cl. The molecule has 0 aliphatic rings. The summed E-state index contributed by atoms with van der Waals surface area (Å²) >= 11 is 0. The summed E-state index contributed by atoms with van der Waals surface area (Å²) in [4.78, 5) is 22.9. The second-order valence-electron chi connectivity index (χ2n) is 5.61. The minimum atomic E-state index is -0.136. The molecule has 0 saturated heterocycles. The van der Waals surface area contributed by atoms with Crippen molar-refractivity contribution in [3.05, 3.63) is 54.1 Å². The van der Waals surface area contributed by atoms with Crippen LogP contribution in [-0.4, -0.2) is 25.0 Å². The molecule has 0 aliphatic carbocycles. The number of para-hydroxylation sites is 1. The van der Waals surface area contributed by atoms with E-state index >= 15 is 0 Å². The molecule has 0 bridgehead atoms. The molecule has 0 unspecified atom stereocenters. The molecule has 0 heterocycles. The van der Waals surface area contributed by atoms with Crippen molar-refractivity contribution in [2.24, 2.45) is 0 Å². The Morgan fingerprint density at radius 3 is 2.62 bits per heavy atom. The molecule has 0 aromatic heterocycles. The fourth-order valence-electron chi connectivity index (χ4n) is 2.32. The third kappa shape index (κ3) is 7.44. The summed E-state index contributed by atoms with van der Waals surface area (Å²) in [6, 6.07) is 14.6. The van der Waals surface area contributed by atoms with E-state index in [9.17, 15) is 9.59 Å². The van der Waals surface area contributed by atoms with Gasteiger partial charge in [0.05, 0.1) is 6.54 Å². The molecular formula is C19H24ClN3O3.